The lowest BCUT2D eigenvalue weighted by Crippen LogP contribution is -2.30. The fraction of sp³-hybridized carbons (Fsp3) is 0.702. The summed E-state index contributed by atoms with van der Waals surface area (Å²) in [5, 5.41) is 0. The van der Waals surface area contributed by atoms with Crippen LogP contribution in [0.5, 0.6) is 0 Å². The van der Waals surface area contributed by atoms with Crippen molar-refractivity contribution in [2.45, 2.75) is 194 Å². The molecule has 298 valence electrons. The van der Waals surface area contributed by atoms with Gasteiger partial charge in [0.1, 0.15) is 6.61 Å². The van der Waals surface area contributed by atoms with Gasteiger partial charge in [0.25, 0.3) is 0 Å². The first-order valence-corrected chi connectivity index (χ1v) is 21.5. The van der Waals surface area contributed by atoms with E-state index in [2.05, 4.69) is 87.6 Å². The first-order valence-electron chi connectivity index (χ1n) is 21.5. The number of allylic oxidation sites excluding steroid dienone is 12. The molecule has 0 heterocycles. The van der Waals surface area contributed by atoms with E-state index in [1.54, 1.807) is 0 Å². The molecule has 0 N–H and O–H groups in total. The van der Waals surface area contributed by atoms with E-state index in [9.17, 15) is 9.59 Å². The SMILES string of the molecule is CC/C=C\C/C=C\C/C=C\C/C=C\C/C=C\C/C=C\CCC(=O)OCC(COCCCCCCCCCCCC)OC(=O)CCCCCCCCC. The predicted molar refractivity (Wildman–Crippen MR) is 224 cm³/mol. The van der Waals surface area contributed by atoms with Crippen LogP contribution in [0.1, 0.15) is 188 Å². The minimum absolute atomic E-state index is 0.0450. The van der Waals surface area contributed by atoms with Gasteiger partial charge >= 0.3 is 11.9 Å². The van der Waals surface area contributed by atoms with E-state index >= 15 is 0 Å². The third-order valence-corrected chi connectivity index (χ3v) is 8.77. The van der Waals surface area contributed by atoms with Crippen LogP contribution in [-0.4, -0.2) is 37.9 Å². The molecule has 1 unspecified atom stereocenters. The highest BCUT2D eigenvalue weighted by molar-refractivity contribution is 5.70. The van der Waals surface area contributed by atoms with E-state index in [4.69, 9.17) is 14.2 Å². The van der Waals surface area contributed by atoms with Crippen LogP contribution in [0.15, 0.2) is 72.9 Å². The van der Waals surface area contributed by atoms with Gasteiger partial charge in [-0.3, -0.25) is 9.59 Å². The van der Waals surface area contributed by atoms with Crippen LogP contribution in [0.3, 0.4) is 0 Å². The molecule has 0 radical (unpaired) electrons. The van der Waals surface area contributed by atoms with E-state index in [-0.39, 0.29) is 25.2 Å². The Balaban J connectivity index is 4.28. The Kier molecular flexibility index (Phi) is 40.6. The minimum atomic E-state index is -0.560. The summed E-state index contributed by atoms with van der Waals surface area (Å²) in [6, 6.07) is 0. The first kappa shape index (κ1) is 49.3. The van der Waals surface area contributed by atoms with E-state index in [1.807, 2.05) is 6.08 Å². The Morgan fingerprint density at radius 1 is 0.442 bits per heavy atom. The average Bonchev–Trinajstić information content (AvgIpc) is 3.14. The highest BCUT2D eigenvalue weighted by atomic mass is 16.6. The van der Waals surface area contributed by atoms with Crippen molar-refractivity contribution in [2.24, 2.45) is 0 Å². The molecular formula is C47H80O5. The lowest BCUT2D eigenvalue weighted by molar-refractivity contribution is -0.162. The second kappa shape index (κ2) is 42.8. The lowest BCUT2D eigenvalue weighted by Gasteiger charge is -2.18. The summed E-state index contributed by atoms with van der Waals surface area (Å²) in [6.45, 7) is 7.58. The average molecular weight is 725 g/mol. The molecule has 0 fully saturated rings. The molecular weight excluding hydrogens is 645 g/mol. The number of hydrogen-bond donors (Lipinski definition) is 0. The number of esters is 2. The molecule has 0 aliphatic rings. The van der Waals surface area contributed by atoms with Gasteiger partial charge in [-0.1, -0.05) is 190 Å². The second-order valence-corrected chi connectivity index (χ2v) is 13.9. The maximum Gasteiger partial charge on any atom is 0.306 e. The molecule has 0 saturated heterocycles. The van der Waals surface area contributed by atoms with Crippen molar-refractivity contribution in [1.82, 2.24) is 0 Å². The zero-order chi connectivity index (χ0) is 37.8. The molecule has 0 bridgehead atoms. The van der Waals surface area contributed by atoms with E-state index in [1.165, 1.54) is 77.0 Å². The molecule has 0 aliphatic heterocycles. The Morgan fingerprint density at radius 3 is 1.35 bits per heavy atom. The third-order valence-electron chi connectivity index (χ3n) is 8.77. The summed E-state index contributed by atoms with van der Waals surface area (Å²) in [5.74, 6) is -0.502. The Morgan fingerprint density at radius 2 is 0.865 bits per heavy atom. The molecule has 0 aromatic rings. The van der Waals surface area contributed by atoms with Crippen molar-refractivity contribution < 1.29 is 23.8 Å². The third kappa shape index (κ3) is 40.1. The van der Waals surface area contributed by atoms with Gasteiger partial charge in [0.05, 0.1) is 6.61 Å². The van der Waals surface area contributed by atoms with Crippen molar-refractivity contribution in [2.75, 3.05) is 19.8 Å². The number of ether oxygens (including phenoxy) is 3. The lowest BCUT2D eigenvalue weighted by atomic mass is 10.1. The summed E-state index contributed by atoms with van der Waals surface area (Å²) in [6.07, 6.45) is 53.5. The van der Waals surface area contributed by atoms with Crippen LogP contribution < -0.4 is 0 Å². The summed E-state index contributed by atoms with van der Waals surface area (Å²) >= 11 is 0. The molecule has 0 aliphatic carbocycles. The van der Waals surface area contributed by atoms with Gasteiger partial charge in [-0.2, -0.15) is 0 Å². The molecule has 1 atom stereocenters. The van der Waals surface area contributed by atoms with Gasteiger partial charge in [-0.15, -0.1) is 0 Å². The molecule has 0 aromatic heterocycles. The van der Waals surface area contributed by atoms with Crippen LogP contribution in [-0.2, 0) is 23.8 Å². The predicted octanol–water partition coefficient (Wildman–Crippen LogP) is 14.0. The molecule has 0 aromatic carbocycles. The van der Waals surface area contributed by atoms with E-state index in [0.29, 0.717) is 25.9 Å². The van der Waals surface area contributed by atoms with E-state index < -0.39 is 6.10 Å². The standard InChI is InChI=1S/C47H80O5/c1-4-7-10-13-16-18-20-21-22-23-24-25-26-27-28-29-32-34-37-40-46(48)51-44-45(52-47(49)41-38-35-31-15-12-9-6-3)43-50-42-39-36-33-30-19-17-14-11-8-5-2/h7,10,16,18,21-22,24-25,27-28,32,34,45H,4-6,8-9,11-15,17,19-20,23,26,29-31,33,35-44H2,1-3H3/b10-7-,18-16-,22-21-,25-24-,28-27-,34-32-. The van der Waals surface area contributed by atoms with Gasteiger partial charge in [0, 0.05) is 19.4 Å². The summed E-state index contributed by atoms with van der Waals surface area (Å²) in [5.41, 5.74) is 0. The molecule has 0 amide bonds. The van der Waals surface area contributed by atoms with Crippen LogP contribution in [0.4, 0.5) is 0 Å². The van der Waals surface area contributed by atoms with Gasteiger partial charge in [-0.05, 0) is 57.8 Å². The summed E-state index contributed by atoms with van der Waals surface area (Å²) < 4.78 is 17.1. The number of unbranched alkanes of at least 4 members (excludes halogenated alkanes) is 15. The van der Waals surface area contributed by atoms with Crippen LogP contribution in [0.2, 0.25) is 0 Å². The van der Waals surface area contributed by atoms with Crippen molar-refractivity contribution in [3.63, 3.8) is 0 Å². The van der Waals surface area contributed by atoms with Crippen LogP contribution >= 0.6 is 0 Å². The Hall–Kier alpha value is -2.66. The zero-order valence-corrected chi connectivity index (χ0v) is 34.1. The van der Waals surface area contributed by atoms with Crippen molar-refractivity contribution in [3.05, 3.63) is 72.9 Å². The minimum Gasteiger partial charge on any atom is -0.462 e. The van der Waals surface area contributed by atoms with Crippen molar-refractivity contribution in [3.8, 4) is 0 Å². The molecule has 0 spiro atoms. The topological polar surface area (TPSA) is 61.8 Å². The van der Waals surface area contributed by atoms with Crippen LogP contribution in [0.25, 0.3) is 0 Å². The van der Waals surface area contributed by atoms with Gasteiger partial charge in [0.15, 0.2) is 6.10 Å². The van der Waals surface area contributed by atoms with Crippen LogP contribution in [0, 0.1) is 0 Å². The smallest absolute Gasteiger partial charge is 0.306 e. The summed E-state index contributed by atoms with van der Waals surface area (Å²) in [7, 11) is 0. The number of carbonyl (C=O) groups excluding carboxylic acids is 2. The molecule has 5 nitrogen and oxygen atoms in total. The van der Waals surface area contributed by atoms with Gasteiger partial charge in [0.2, 0.25) is 0 Å². The summed E-state index contributed by atoms with van der Waals surface area (Å²) in [4.78, 5) is 25.0. The van der Waals surface area contributed by atoms with Crippen molar-refractivity contribution >= 4 is 11.9 Å². The number of rotatable bonds is 38. The number of hydrogen-bond acceptors (Lipinski definition) is 5. The number of carbonyl (C=O) groups is 2. The maximum atomic E-state index is 12.6. The van der Waals surface area contributed by atoms with Gasteiger partial charge < -0.3 is 14.2 Å². The fourth-order valence-corrected chi connectivity index (χ4v) is 5.59. The van der Waals surface area contributed by atoms with E-state index in [0.717, 1.165) is 70.6 Å². The Labute approximate surface area is 321 Å². The fourth-order valence-electron chi connectivity index (χ4n) is 5.59. The zero-order valence-electron chi connectivity index (χ0n) is 34.1. The van der Waals surface area contributed by atoms with Gasteiger partial charge in [-0.25, -0.2) is 0 Å². The first-order chi connectivity index (χ1) is 25.6. The molecule has 0 saturated carbocycles. The normalized spacial score (nSPS) is 12.9. The monoisotopic (exact) mass is 725 g/mol. The molecule has 5 heteroatoms. The molecule has 52 heavy (non-hydrogen) atoms. The highest BCUT2D eigenvalue weighted by Gasteiger charge is 2.17. The Bertz CT molecular complexity index is 957. The largest absolute Gasteiger partial charge is 0.462 e. The maximum absolute atomic E-state index is 12.6. The van der Waals surface area contributed by atoms with Crippen molar-refractivity contribution in [1.29, 1.82) is 0 Å². The second-order valence-electron chi connectivity index (χ2n) is 13.9. The highest BCUT2D eigenvalue weighted by Crippen LogP contribution is 2.12. The quantitative estimate of drug-likeness (QED) is 0.0360. The molecule has 0 rings (SSSR count).